The minimum absolute atomic E-state index is 0.199. The predicted molar refractivity (Wildman–Crippen MR) is 104 cm³/mol. The second kappa shape index (κ2) is 8.54. The number of carbonyl (C=O) groups excluding carboxylic acids is 1. The summed E-state index contributed by atoms with van der Waals surface area (Å²) >= 11 is 1.29. The SMILES string of the molecule is C/C(=N\NC(=O)CSc1nc(C)cc(C)n1)c1ccc(-n2cncn2)cc1. The molecule has 1 aromatic carbocycles. The molecule has 9 heteroatoms. The van der Waals surface area contributed by atoms with Crippen molar-refractivity contribution in [3.8, 4) is 5.69 Å². The molecular formula is C18H19N7OS. The first kappa shape index (κ1) is 18.7. The topological polar surface area (TPSA) is 98.0 Å². The van der Waals surface area contributed by atoms with Crippen molar-refractivity contribution < 1.29 is 4.79 Å². The van der Waals surface area contributed by atoms with Crippen LogP contribution in [0.3, 0.4) is 0 Å². The average Bonchev–Trinajstić information content (AvgIpc) is 3.18. The van der Waals surface area contributed by atoms with Crippen molar-refractivity contribution in [3.05, 3.63) is 59.9 Å². The van der Waals surface area contributed by atoms with E-state index in [-0.39, 0.29) is 11.7 Å². The van der Waals surface area contributed by atoms with Gasteiger partial charge in [0, 0.05) is 11.4 Å². The van der Waals surface area contributed by atoms with Crippen LogP contribution in [0.25, 0.3) is 5.69 Å². The van der Waals surface area contributed by atoms with E-state index < -0.39 is 0 Å². The van der Waals surface area contributed by atoms with Crippen LogP contribution in [0, 0.1) is 13.8 Å². The second-order valence-electron chi connectivity index (χ2n) is 5.84. The van der Waals surface area contributed by atoms with E-state index in [2.05, 4.69) is 30.6 Å². The van der Waals surface area contributed by atoms with E-state index in [1.807, 2.05) is 51.1 Å². The van der Waals surface area contributed by atoms with E-state index in [9.17, 15) is 4.79 Å². The first-order valence-electron chi connectivity index (χ1n) is 8.25. The number of carbonyl (C=O) groups is 1. The normalized spacial score (nSPS) is 11.4. The lowest BCUT2D eigenvalue weighted by molar-refractivity contribution is -0.118. The van der Waals surface area contributed by atoms with Gasteiger partial charge in [-0.2, -0.15) is 10.2 Å². The fraction of sp³-hybridized carbons (Fsp3) is 0.222. The van der Waals surface area contributed by atoms with Gasteiger partial charge in [0.05, 0.1) is 17.2 Å². The maximum atomic E-state index is 12.0. The number of hydrogen-bond donors (Lipinski definition) is 1. The van der Waals surface area contributed by atoms with Crippen molar-refractivity contribution in [1.29, 1.82) is 0 Å². The Morgan fingerprint density at radius 2 is 1.89 bits per heavy atom. The maximum absolute atomic E-state index is 12.0. The molecule has 0 spiro atoms. The molecule has 0 saturated heterocycles. The Hall–Kier alpha value is -3.07. The Bertz CT molecular complexity index is 932. The fourth-order valence-electron chi connectivity index (χ4n) is 2.33. The van der Waals surface area contributed by atoms with Gasteiger partial charge in [-0.05, 0) is 44.5 Å². The number of nitrogens with zero attached hydrogens (tertiary/aromatic N) is 6. The Balaban J connectivity index is 1.55. The highest BCUT2D eigenvalue weighted by Gasteiger charge is 2.06. The highest BCUT2D eigenvalue weighted by molar-refractivity contribution is 7.99. The van der Waals surface area contributed by atoms with Crippen molar-refractivity contribution in [3.63, 3.8) is 0 Å². The number of nitrogens with one attached hydrogen (secondary N) is 1. The molecule has 0 radical (unpaired) electrons. The van der Waals surface area contributed by atoms with E-state index in [0.717, 1.165) is 22.6 Å². The summed E-state index contributed by atoms with van der Waals surface area (Å²) in [5.74, 6) is -0.00777. The molecule has 0 atom stereocenters. The number of hydrogen-bond acceptors (Lipinski definition) is 7. The van der Waals surface area contributed by atoms with E-state index in [0.29, 0.717) is 10.9 Å². The van der Waals surface area contributed by atoms with Crippen LogP contribution in [0.2, 0.25) is 0 Å². The summed E-state index contributed by atoms with van der Waals surface area (Å²) in [4.78, 5) is 24.5. The molecule has 3 rings (SSSR count). The van der Waals surface area contributed by atoms with Crippen LogP contribution >= 0.6 is 11.8 Å². The van der Waals surface area contributed by atoms with Gasteiger partial charge < -0.3 is 0 Å². The van der Waals surface area contributed by atoms with Crippen LogP contribution in [0.5, 0.6) is 0 Å². The maximum Gasteiger partial charge on any atom is 0.250 e. The fourth-order valence-corrected chi connectivity index (χ4v) is 3.07. The minimum atomic E-state index is -0.207. The number of hydrazone groups is 1. The van der Waals surface area contributed by atoms with E-state index in [1.54, 1.807) is 11.0 Å². The van der Waals surface area contributed by atoms with Gasteiger partial charge in [-0.1, -0.05) is 23.9 Å². The Kier molecular flexibility index (Phi) is 5.92. The lowest BCUT2D eigenvalue weighted by Gasteiger charge is -2.05. The Morgan fingerprint density at radius 3 is 2.52 bits per heavy atom. The molecule has 2 aromatic heterocycles. The largest absolute Gasteiger partial charge is 0.272 e. The number of thioether (sulfide) groups is 1. The third-order valence-electron chi connectivity index (χ3n) is 3.61. The standard InChI is InChI=1S/C18H19N7OS/c1-12-8-13(2)22-18(21-12)27-9-17(26)24-23-14(3)15-4-6-16(7-5-15)25-11-19-10-20-25/h4-8,10-11H,9H2,1-3H3,(H,24,26)/b23-14+. The zero-order valence-corrected chi connectivity index (χ0v) is 16.1. The number of aryl methyl sites for hydroxylation is 2. The van der Waals surface area contributed by atoms with Crippen LogP contribution in [0.4, 0.5) is 0 Å². The Labute approximate surface area is 161 Å². The van der Waals surface area contributed by atoms with Gasteiger partial charge in [-0.25, -0.2) is 25.1 Å². The average molecular weight is 381 g/mol. The molecule has 0 fully saturated rings. The smallest absolute Gasteiger partial charge is 0.250 e. The van der Waals surface area contributed by atoms with Crippen LogP contribution in [0.1, 0.15) is 23.9 Å². The lowest BCUT2D eigenvalue weighted by Crippen LogP contribution is -2.21. The third kappa shape index (κ3) is 5.20. The minimum Gasteiger partial charge on any atom is -0.272 e. The second-order valence-corrected chi connectivity index (χ2v) is 6.78. The summed E-state index contributed by atoms with van der Waals surface area (Å²) in [5.41, 5.74) is 6.85. The third-order valence-corrected chi connectivity index (χ3v) is 4.46. The molecule has 0 aliphatic carbocycles. The summed E-state index contributed by atoms with van der Waals surface area (Å²) < 4.78 is 1.67. The molecule has 27 heavy (non-hydrogen) atoms. The summed E-state index contributed by atoms with van der Waals surface area (Å²) in [6.45, 7) is 5.64. The molecule has 0 bridgehead atoms. The van der Waals surface area contributed by atoms with Gasteiger partial charge in [0.25, 0.3) is 5.91 Å². The summed E-state index contributed by atoms with van der Waals surface area (Å²) in [5, 5.41) is 8.83. The van der Waals surface area contributed by atoms with Gasteiger partial charge >= 0.3 is 0 Å². The first-order valence-corrected chi connectivity index (χ1v) is 9.23. The summed E-state index contributed by atoms with van der Waals surface area (Å²) in [7, 11) is 0. The number of aromatic nitrogens is 5. The molecule has 138 valence electrons. The van der Waals surface area contributed by atoms with Crippen LogP contribution in [0.15, 0.2) is 53.2 Å². The zero-order valence-electron chi connectivity index (χ0n) is 15.2. The number of benzene rings is 1. The van der Waals surface area contributed by atoms with Gasteiger partial charge in [0.1, 0.15) is 12.7 Å². The van der Waals surface area contributed by atoms with Gasteiger partial charge in [-0.3, -0.25) is 4.79 Å². The van der Waals surface area contributed by atoms with Crippen LogP contribution in [-0.4, -0.2) is 42.1 Å². The van der Waals surface area contributed by atoms with E-state index >= 15 is 0 Å². The molecule has 0 aliphatic rings. The van der Waals surface area contributed by atoms with E-state index in [1.165, 1.54) is 18.1 Å². The highest BCUT2D eigenvalue weighted by Crippen LogP contribution is 2.13. The van der Waals surface area contributed by atoms with Crippen molar-refractivity contribution in [2.24, 2.45) is 5.10 Å². The van der Waals surface area contributed by atoms with Gasteiger partial charge in [0.15, 0.2) is 5.16 Å². The Morgan fingerprint density at radius 1 is 1.19 bits per heavy atom. The van der Waals surface area contributed by atoms with Crippen LogP contribution < -0.4 is 5.43 Å². The lowest BCUT2D eigenvalue weighted by atomic mass is 10.1. The van der Waals surface area contributed by atoms with Crippen molar-refractivity contribution >= 4 is 23.4 Å². The molecule has 8 nitrogen and oxygen atoms in total. The summed E-state index contributed by atoms with van der Waals surface area (Å²) in [6.07, 6.45) is 3.12. The summed E-state index contributed by atoms with van der Waals surface area (Å²) in [6, 6.07) is 9.56. The van der Waals surface area contributed by atoms with Crippen molar-refractivity contribution in [1.82, 2.24) is 30.2 Å². The molecule has 1 N–H and O–H groups in total. The predicted octanol–water partition coefficient (Wildman–Crippen LogP) is 2.31. The number of rotatable bonds is 6. The molecular weight excluding hydrogens is 362 g/mol. The van der Waals surface area contributed by atoms with Gasteiger partial charge in [0.2, 0.25) is 0 Å². The molecule has 3 aromatic rings. The van der Waals surface area contributed by atoms with Crippen molar-refractivity contribution in [2.75, 3.05) is 5.75 Å². The van der Waals surface area contributed by atoms with E-state index in [4.69, 9.17) is 0 Å². The molecule has 0 saturated carbocycles. The molecule has 0 aliphatic heterocycles. The first-order chi connectivity index (χ1) is 13.0. The quantitative estimate of drug-likeness (QED) is 0.304. The molecule has 2 heterocycles. The van der Waals surface area contributed by atoms with Crippen LogP contribution in [-0.2, 0) is 4.79 Å². The van der Waals surface area contributed by atoms with Gasteiger partial charge in [-0.15, -0.1) is 0 Å². The molecule has 0 unspecified atom stereocenters. The number of amides is 1. The zero-order chi connectivity index (χ0) is 19.2. The highest BCUT2D eigenvalue weighted by atomic mass is 32.2. The van der Waals surface area contributed by atoms with Crippen molar-refractivity contribution in [2.45, 2.75) is 25.9 Å². The molecule has 1 amide bonds. The monoisotopic (exact) mass is 381 g/mol.